The Morgan fingerprint density at radius 1 is 0.969 bits per heavy atom. The fraction of sp³-hybridized carbons (Fsp3) is 0.261. The number of amides is 4. The van der Waals surface area contributed by atoms with Gasteiger partial charge in [0.1, 0.15) is 0 Å². The van der Waals surface area contributed by atoms with Crippen molar-refractivity contribution in [1.82, 2.24) is 10.2 Å². The number of nitrogens with one attached hydrogen (secondary N) is 2. The lowest BCUT2D eigenvalue weighted by Gasteiger charge is -2.13. The Morgan fingerprint density at radius 2 is 1.66 bits per heavy atom. The smallest absolute Gasteiger partial charge is 0.308 e. The molecule has 0 bridgehead atoms. The van der Waals surface area contributed by atoms with Gasteiger partial charge < -0.3 is 15.4 Å². The Morgan fingerprint density at radius 3 is 2.31 bits per heavy atom. The minimum Gasteiger partial charge on any atom is -0.456 e. The molecule has 1 aliphatic heterocycles. The highest BCUT2D eigenvalue weighted by Crippen LogP contribution is 2.22. The molecule has 0 atom stereocenters. The van der Waals surface area contributed by atoms with E-state index in [0.717, 1.165) is 17.7 Å². The molecule has 32 heavy (non-hydrogen) atoms. The molecule has 4 amide bonds. The number of carbonyl (C=O) groups excluding carboxylic acids is 5. The second-order valence-corrected chi connectivity index (χ2v) is 7.59. The molecule has 0 radical (unpaired) electrons. The van der Waals surface area contributed by atoms with Crippen LogP contribution in [0.5, 0.6) is 0 Å². The van der Waals surface area contributed by atoms with Gasteiger partial charge in [-0.25, -0.2) is 0 Å². The molecular weight excluding hydrogens is 414 g/mol. The molecular formula is C23H21N3O6. The van der Waals surface area contributed by atoms with Crippen LogP contribution < -0.4 is 10.6 Å². The predicted octanol–water partition coefficient (Wildman–Crippen LogP) is 1.75. The summed E-state index contributed by atoms with van der Waals surface area (Å²) in [5, 5.41) is 5.44. The third kappa shape index (κ3) is 4.83. The normalized spacial score (nSPS) is 14.7. The molecule has 1 aliphatic carbocycles. The Kier molecular flexibility index (Phi) is 5.98. The molecule has 2 aromatic rings. The number of carbonyl (C=O) groups is 5. The molecule has 1 saturated carbocycles. The van der Waals surface area contributed by atoms with Crippen LogP contribution in [0.1, 0.15) is 50.3 Å². The van der Waals surface area contributed by atoms with E-state index < -0.39 is 30.3 Å². The fourth-order valence-corrected chi connectivity index (χ4v) is 3.30. The van der Waals surface area contributed by atoms with Crippen molar-refractivity contribution in [1.29, 1.82) is 0 Å². The topological polar surface area (TPSA) is 122 Å². The van der Waals surface area contributed by atoms with E-state index in [1.807, 2.05) is 0 Å². The molecule has 0 aromatic heterocycles. The van der Waals surface area contributed by atoms with Gasteiger partial charge in [0.2, 0.25) is 0 Å². The summed E-state index contributed by atoms with van der Waals surface area (Å²) in [6, 6.07) is 13.1. The predicted molar refractivity (Wildman–Crippen MR) is 113 cm³/mol. The summed E-state index contributed by atoms with van der Waals surface area (Å²) in [4.78, 5) is 61.7. The van der Waals surface area contributed by atoms with Gasteiger partial charge in [-0.1, -0.05) is 18.2 Å². The van der Waals surface area contributed by atoms with Crippen molar-refractivity contribution in [3.05, 3.63) is 65.2 Å². The lowest BCUT2D eigenvalue weighted by atomic mass is 10.1. The quantitative estimate of drug-likeness (QED) is 0.481. The van der Waals surface area contributed by atoms with E-state index in [1.165, 1.54) is 0 Å². The summed E-state index contributed by atoms with van der Waals surface area (Å²) in [6.07, 6.45) is 1.72. The van der Waals surface area contributed by atoms with Crippen LogP contribution in [0.25, 0.3) is 0 Å². The van der Waals surface area contributed by atoms with Crippen molar-refractivity contribution in [3.63, 3.8) is 0 Å². The highest BCUT2D eigenvalue weighted by Gasteiger charge is 2.35. The molecule has 0 saturated heterocycles. The van der Waals surface area contributed by atoms with Gasteiger partial charge >= 0.3 is 5.97 Å². The molecule has 2 aliphatic rings. The van der Waals surface area contributed by atoms with Crippen LogP contribution in [-0.2, 0) is 14.3 Å². The largest absolute Gasteiger partial charge is 0.456 e. The van der Waals surface area contributed by atoms with E-state index in [0.29, 0.717) is 22.4 Å². The standard InChI is InChI=1S/C23H21N3O6/c27-19(24-16-5-3-4-14(12-16)21(29)25-15-8-9-15)13-32-20(28)10-11-26-22(30)17-6-1-2-7-18(17)23(26)31/h1-7,12,15H,8-11,13H2,(H,24,27)(H,25,29). The van der Waals surface area contributed by atoms with Gasteiger partial charge in [-0.3, -0.25) is 28.9 Å². The monoisotopic (exact) mass is 435 g/mol. The number of hydrogen-bond acceptors (Lipinski definition) is 6. The van der Waals surface area contributed by atoms with E-state index in [-0.39, 0.29) is 24.9 Å². The maximum absolute atomic E-state index is 12.3. The molecule has 9 nitrogen and oxygen atoms in total. The zero-order chi connectivity index (χ0) is 22.7. The molecule has 164 valence electrons. The summed E-state index contributed by atoms with van der Waals surface area (Å²) in [5.41, 5.74) is 1.43. The van der Waals surface area contributed by atoms with Gasteiger partial charge in [0.15, 0.2) is 6.61 Å². The van der Waals surface area contributed by atoms with E-state index in [4.69, 9.17) is 4.74 Å². The van der Waals surface area contributed by atoms with Gasteiger partial charge in [0, 0.05) is 23.8 Å². The number of esters is 1. The Bertz CT molecular complexity index is 1070. The first-order valence-corrected chi connectivity index (χ1v) is 10.2. The van der Waals surface area contributed by atoms with Gasteiger partial charge in [0.05, 0.1) is 17.5 Å². The third-order valence-electron chi connectivity index (χ3n) is 5.10. The number of benzene rings is 2. The van der Waals surface area contributed by atoms with E-state index in [9.17, 15) is 24.0 Å². The molecule has 2 aromatic carbocycles. The minimum absolute atomic E-state index is 0.134. The third-order valence-corrected chi connectivity index (χ3v) is 5.10. The number of anilines is 1. The van der Waals surface area contributed by atoms with Crippen LogP contribution in [0.15, 0.2) is 48.5 Å². The van der Waals surface area contributed by atoms with Gasteiger partial charge in [-0.2, -0.15) is 0 Å². The summed E-state index contributed by atoms with van der Waals surface area (Å²) in [7, 11) is 0. The van der Waals surface area contributed by atoms with Crippen molar-refractivity contribution in [2.24, 2.45) is 0 Å². The highest BCUT2D eigenvalue weighted by atomic mass is 16.5. The van der Waals surface area contributed by atoms with Gasteiger partial charge in [0.25, 0.3) is 23.6 Å². The second-order valence-electron chi connectivity index (χ2n) is 7.59. The summed E-state index contributed by atoms with van der Waals surface area (Å²) < 4.78 is 4.94. The summed E-state index contributed by atoms with van der Waals surface area (Å²) in [6.45, 7) is -0.662. The minimum atomic E-state index is -0.714. The molecule has 0 spiro atoms. The number of ether oxygens (including phenoxy) is 1. The summed E-state index contributed by atoms with van der Waals surface area (Å²) in [5.74, 6) is -2.40. The summed E-state index contributed by atoms with van der Waals surface area (Å²) >= 11 is 0. The van der Waals surface area contributed by atoms with Crippen molar-refractivity contribution in [2.45, 2.75) is 25.3 Å². The van der Waals surface area contributed by atoms with Gasteiger partial charge in [-0.05, 0) is 43.2 Å². The molecule has 0 unspecified atom stereocenters. The molecule has 4 rings (SSSR count). The zero-order valence-corrected chi connectivity index (χ0v) is 17.1. The fourth-order valence-electron chi connectivity index (χ4n) is 3.30. The maximum atomic E-state index is 12.3. The van der Waals surface area contributed by atoms with E-state index >= 15 is 0 Å². The molecule has 2 N–H and O–H groups in total. The number of imide groups is 1. The van der Waals surface area contributed by atoms with Crippen LogP contribution in [0.4, 0.5) is 5.69 Å². The zero-order valence-electron chi connectivity index (χ0n) is 17.1. The van der Waals surface area contributed by atoms with Crippen LogP contribution in [0.2, 0.25) is 0 Å². The van der Waals surface area contributed by atoms with E-state index in [2.05, 4.69) is 10.6 Å². The maximum Gasteiger partial charge on any atom is 0.308 e. The second kappa shape index (κ2) is 9.01. The van der Waals surface area contributed by atoms with Crippen LogP contribution in [0, 0.1) is 0 Å². The highest BCUT2D eigenvalue weighted by molar-refractivity contribution is 6.21. The average Bonchev–Trinajstić information content (AvgIpc) is 3.57. The first-order valence-electron chi connectivity index (χ1n) is 10.2. The van der Waals surface area contributed by atoms with Crippen molar-refractivity contribution in [2.75, 3.05) is 18.5 Å². The number of rotatable bonds is 8. The Hall–Kier alpha value is -4.01. The first-order chi connectivity index (χ1) is 15.4. The molecule has 9 heteroatoms. The average molecular weight is 435 g/mol. The number of nitrogens with zero attached hydrogens (tertiary/aromatic N) is 1. The number of hydrogen-bond donors (Lipinski definition) is 2. The number of fused-ring (bicyclic) bond motifs is 1. The van der Waals surface area contributed by atoms with Gasteiger partial charge in [-0.15, -0.1) is 0 Å². The molecule has 1 fully saturated rings. The van der Waals surface area contributed by atoms with Crippen LogP contribution >= 0.6 is 0 Å². The van der Waals surface area contributed by atoms with Crippen molar-refractivity contribution >= 4 is 35.3 Å². The van der Waals surface area contributed by atoms with Crippen LogP contribution in [0.3, 0.4) is 0 Å². The van der Waals surface area contributed by atoms with Crippen molar-refractivity contribution in [3.8, 4) is 0 Å². The van der Waals surface area contributed by atoms with E-state index in [1.54, 1.807) is 48.5 Å². The van der Waals surface area contributed by atoms with Crippen LogP contribution in [-0.4, -0.2) is 53.7 Å². The SMILES string of the molecule is O=C(COC(=O)CCN1C(=O)c2ccccc2C1=O)Nc1cccc(C(=O)NC2CC2)c1. The lowest BCUT2D eigenvalue weighted by Crippen LogP contribution is -2.32. The first kappa shape index (κ1) is 21.2. The Labute approximate surface area is 183 Å². The van der Waals surface area contributed by atoms with Crippen molar-refractivity contribution < 1.29 is 28.7 Å². The molecule has 1 heterocycles. The Balaban J connectivity index is 1.22. The lowest BCUT2D eigenvalue weighted by molar-refractivity contribution is -0.147.